The Morgan fingerprint density at radius 2 is 1.11 bits per heavy atom. The van der Waals surface area contributed by atoms with Gasteiger partial charge in [0, 0.05) is 21.5 Å². The predicted octanol–water partition coefficient (Wildman–Crippen LogP) is 10.6. The minimum Gasteiger partial charge on any atom is -0.308 e. The molecule has 0 aliphatic heterocycles. The molecule has 0 spiro atoms. The van der Waals surface area contributed by atoms with Crippen molar-refractivity contribution in [2.24, 2.45) is 0 Å². The SMILES string of the molecule is [C-]#[N+]c1cc(-n2c3ccccc3c3cc(C)ccc32)c(-n2c3ccccc3c3cc(C)ccc32)cc1-c1cccc(C#N)c1. The van der Waals surface area contributed by atoms with Gasteiger partial charge in [-0.1, -0.05) is 71.8 Å². The molecule has 0 aliphatic rings. The molecule has 2 heterocycles. The second kappa shape index (κ2) is 9.73. The van der Waals surface area contributed by atoms with E-state index < -0.39 is 0 Å². The Balaban J connectivity index is 1.58. The van der Waals surface area contributed by atoms with E-state index >= 15 is 0 Å². The third-order valence-corrected chi connectivity index (χ3v) is 8.65. The monoisotopic (exact) mass is 562 g/mol. The van der Waals surface area contributed by atoms with Crippen LogP contribution in [0, 0.1) is 31.8 Å². The molecule has 8 rings (SSSR count). The fraction of sp³-hybridized carbons (Fsp3) is 0.0500. The molecule has 0 amide bonds. The highest BCUT2D eigenvalue weighted by atomic mass is 15.1. The second-order valence-corrected chi connectivity index (χ2v) is 11.4. The van der Waals surface area contributed by atoms with Crippen LogP contribution in [0.25, 0.3) is 71.0 Å². The molecular weight excluding hydrogens is 536 g/mol. The van der Waals surface area contributed by atoms with Gasteiger partial charge in [0.25, 0.3) is 0 Å². The number of nitriles is 1. The van der Waals surface area contributed by atoms with Crippen molar-refractivity contribution in [2.75, 3.05) is 0 Å². The highest BCUT2D eigenvalue weighted by molar-refractivity contribution is 6.12. The maximum Gasteiger partial charge on any atom is 0.197 e. The van der Waals surface area contributed by atoms with Crippen LogP contribution in [-0.2, 0) is 0 Å². The first kappa shape index (κ1) is 25.6. The molecule has 8 aromatic rings. The number of para-hydroxylation sites is 2. The molecule has 0 radical (unpaired) electrons. The lowest BCUT2D eigenvalue weighted by Gasteiger charge is -2.20. The third-order valence-electron chi connectivity index (χ3n) is 8.65. The van der Waals surface area contributed by atoms with Crippen molar-refractivity contribution in [1.82, 2.24) is 9.13 Å². The van der Waals surface area contributed by atoms with E-state index in [1.54, 1.807) is 6.07 Å². The van der Waals surface area contributed by atoms with E-state index in [1.165, 1.54) is 32.7 Å². The summed E-state index contributed by atoms with van der Waals surface area (Å²) in [6, 6.07) is 44.2. The number of aromatic nitrogens is 2. The van der Waals surface area contributed by atoms with Crippen molar-refractivity contribution in [3.8, 4) is 28.6 Å². The summed E-state index contributed by atoms with van der Waals surface area (Å²) in [4.78, 5) is 4.05. The zero-order chi connectivity index (χ0) is 29.9. The van der Waals surface area contributed by atoms with Gasteiger partial charge in [0.2, 0.25) is 0 Å². The molecular formula is C40H26N4. The van der Waals surface area contributed by atoms with Gasteiger partial charge in [-0.2, -0.15) is 5.26 Å². The van der Waals surface area contributed by atoms with E-state index in [9.17, 15) is 5.26 Å². The average Bonchev–Trinajstić information content (AvgIpc) is 3.56. The van der Waals surface area contributed by atoms with Crippen molar-refractivity contribution in [1.29, 1.82) is 5.26 Å². The van der Waals surface area contributed by atoms with Gasteiger partial charge in [-0.05, 0) is 85.6 Å². The quantitative estimate of drug-likeness (QED) is 0.197. The van der Waals surface area contributed by atoms with Gasteiger partial charge in [-0.3, -0.25) is 0 Å². The van der Waals surface area contributed by atoms with Crippen molar-refractivity contribution in [2.45, 2.75) is 13.8 Å². The first-order valence-electron chi connectivity index (χ1n) is 14.6. The molecule has 0 bridgehead atoms. The number of aryl methyl sites for hydroxylation is 2. The van der Waals surface area contributed by atoms with Crippen molar-refractivity contribution < 1.29 is 0 Å². The van der Waals surface area contributed by atoms with Crippen LogP contribution in [0.3, 0.4) is 0 Å². The number of hydrogen-bond donors (Lipinski definition) is 0. The fourth-order valence-corrected chi connectivity index (χ4v) is 6.70. The van der Waals surface area contributed by atoms with E-state index in [0.29, 0.717) is 11.3 Å². The van der Waals surface area contributed by atoms with Crippen LogP contribution in [0.1, 0.15) is 16.7 Å². The molecule has 0 saturated heterocycles. The molecule has 4 nitrogen and oxygen atoms in total. The van der Waals surface area contributed by atoms with E-state index in [4.69, 9.17) is 6.57 Å². The van der Waals surface area contributed by atoms with Gasteiger partial charge in [0.15, 0.2) is 5.69 Å². The lowest BCUT2D eigenvalue weighted by atomic mass is 9.99. The predicted molar refractivity (Wildman–Crippen MR) is 181 cm³/mol. The topological polar surface area (TPSA) is 38.0 Å². The summed E-state index contributed by atoms with van der Waals surface area (Å²) in [5.74, 6) is 0. The lowest BCUT2D eigenvalue weighted by Crippen LogP contribution is -2.04. The number of hydrogen-bond acceptors (Lipinski definition) is 1. The van der Waals surface area contributed by atoms with Gasteiger partial charge in [-0.15, -0.1) is 0 Å². The van der Waals surface area contributed by atoms with Crippen molar-refractivity contribution in [3.63, 3.8) is 0 Å². The summed E-state index contributed by atoms with van der Waals surface area (Å²) in [5, 5.41) is 14.4. The maximum absolute atomic E-state index is 9.67. The Kier molecular flexibility index (Phi) is 5.66. The molecule has 6 aromatic carbocycles. The average molecular weight is 563 g/mol. The van der Waals surface area contributed by atoms with Crippen LogP contribution in [0.5, 0.6) is 0 Å². The molecule has 0 unspecified atom stereocenters. The van der Waals surface area contributed by atoms with E-state index in [0.717, 1.165) is 44.6 Å². The molecule has 44 heavy (non-hydrogen) atoms. The smallest absolute Gasteiger partial charge is 0.197 e. The van der Waals surface area contributed by atoms with Gasteiger partial charge in [0.1, 0.15) is 0 Å². The molecule has 0 atom stereocenters. The summed E-state index contributed by atoms with van der Waals surface area (Å²) < 4.78 is 4.64. The minimum absolute atomic E-state index is 0.536. The Labute approximate surface area is 255 Å². The first-order valence-corrected chi connectivity index (χ1v) is 14.6. The largest absolute Gasteiger partial charge is 0.308 e. The minimum atomic E-state index is 0.536. The fourth-order valence-electron chi connectivity index (χ4n) is 6.70. The van der Waals surface area contributed by atoms with Crippen LogP contribution in [-0.4, -0.2) is 9.13 Å². The van der Waals surface area contributed by atoms with E-state index in [2.05, 4.69) is 125 Å². The normalized spacial score (nSPS) is 11.4. The highest BCUT2D eigenvalue weighted by Crippen LogP contribution is 2.43. The standard InChI is InChI=1S/C40H26N4/c1-25-15-17-37-32(19-25)29-11-4-6-13-35(29)43(37)39-22-31(28-10-8-9-27(21-28)24-41)34(42-3)23-40(39)44-36-14-7-5-12-30(36)33-20-26(2)16-18-38(33)44/h4-23H,1-2H3. The number of rotatable bonds is 3. The number of benzene rings is 6. The Bertz CT molecular complexity index is 2550. The second-order valence-electron chi connectivity index (χ2n) is 11.4. The summed E-state index contributed by atoms with van der Waals surface area (Å²) in [6.07, 6.45) is 0. The van der Waals surface area contributed by atoms with Crippen LogP contribution < -0.4 is 0 Å². The Morgan fingerprint density at radius 1 is 0.568 bits per heavy atom. The van der Waals surface area contributed by atoms with Crippen LogP contribution in [0.2, 0.25) is 0 Å². The molecule has 0 aliphatic carbocycles. The Morgan fingerprint density at radius 3 is 1.68 bits per heavy atom. The van der Waals surface area contributed by atoms with Crippen LogP contribution in [0.15, 0.2) is 121 Å². The van der Waals surface area contributed by atoms with Gasteiger partial charge in [0.05, 0.1) is 51.6 Å². The summed E-state index contributed by atoms with van der Waals surface area (Å²) in [7, 11) is 0. The molecule has 4 heteroatoms. The molecule has 206 valence electrons. The van der Waals surface area contributed by atoms with Gasteiger partial charge < -0.3 is 9.13 Å². The Hall–Kier alpha value is -6.10. The summed E-state index contributed by atoms with van der Waals surface area (Å²) >= 11 is 0. The number of fused-ring (bicyclic) bond motifs is 6. The summed E-state index contributed by atoms with van der Waals surface area (Å²) in [5.41, 5.74) is 11.4. The third kappa shape index (κ3) is 3.76. The van der Waals surface area contributed by atoms with Crippen LogP contribution >= 0.6 is 0 Å². The van der Waals surface area contributed by atoms with Crippen molar-refractivity contribution >= 4 is 49.3 Å². The lowest BCUT2D eigenvalue weighted by molar-refractivity contribution is 1.10. The molecule has 0 saturated carbocycles. The van der Waals surface area contributed by atoms with Gasteiger partial charge >= 0.3 is 0 Å². The van der Waals surface area contributed by atoms with Gasteiger partial charge in [-0.25, -0.2) is 4.85 Å². The molecule has 0 fully saturated rings. The van der Waals surface area contributed by atoms with E-state index in [1.807, 2.05) is 24.3 Å². The molecule has 2 aromatic heterocycles. The zero-order valence-electron chi connectivity index (χ0n) is 24.3. The highest BCUT2D eigenvalue weighted by Gasteiger charge is 2.22. The van der Waals surface area contributed by atoms with Crippen molar-refractivity contribution in [3.05, 3.63) is 149 Å². The first-order chi connectivity index (χ1) is 21.6. The molecule has 0 N–H and O–H groups in total. The van der Waals surface area contributed by atoms with Crippen LogP contribution in [0.4, 0.5) is 5.69 Å². The zero-order valence-corrected chi connectivity index (χ0v) is 24.3. The summed E-state index contributed by atoms with van der Waals surface area (Å²) in [6.45, 7) is 12.5. The number of nitrogens with zero attached hydrogens (tertiary/aromatic N) is 4. The van der Waals surface area contributed by atoms with E-state index in [-0.39, 0.29) is 0 Å². The maximum atomic E-state index is 9.67.